The van der Waals surface area contributed by atoms with Gasteiger partial charge in [0.15, 0.2) is 5.82 Å². The molecule has 0 aliphatic carbocycles. The maximum atomic E-state index is 5.48. The largest absolute Gasteiger partial charge is 0.381 e. The van der Waals surface area contributed by atoms with Crippen molar-refractivity contribution in [1.29, 1.82) is 0 Å². The fourth-order valence-corrected chi connectivity index (χ4v) is 3.14. The van der Waals surface area contributed by atoms with Crippen molar-refractivity contribution < 1.29 is 9.47 Å². The first-order valence-corrected chi connectivity index (χ1v) is 8.62. The minimum absolute atomic E-state index is 0.351. The quantitative estimate of drug-likeness (QED) is 0.862. The Hall–Kier alpha value is -2.05. The number of morpholine rings is 1. The number of ether oxygens (including phenoxy) is 2. The highest BCUT2D eigenvalue weighted by atomic mass is 16.5. The number of hydrogen-bond donors (Lipinski definition) is 0. The van der Waals surface area contributed by atoms with Crippen LogP contribution in [0.15, 0.2) is 30.3 Å². The molecule has 0 bridgehead atoms. The Labute approximate surface area is 141 Å². The average molecular weight is 326 g/mol. The van der Waals surface area contributed by atoms with Crippen molar-refractivity contribution >= 4 is 5.95 Å². The Balaban J connectivity index is 1.72. The molecule has 0 radical (unpaired) electrons. The van der Waals surface area contributed by atoms with Crippen molar-refractivity contribution in [3.8, 4) is 11.4 Å². The molecule has 0 amide bonds. The van der Waals surface area contributed by atoms with Crippen LogP contribution in [0.1, 0.15) is 24.6 Å². The normalized spacial score (nSPS) is 19.4. The summed E-state index contributed by atoms with van der Waals surface area (Å²) in [5.74, 6) is 2.78. The molecule has 126 valence electrons. The van der Waals surface area contributed by atoms with Gasteiger partial charge in [-0.2, -0.15) is 9.97 Å². The monoisotopic (exact) mass is 326 g/mol. The highest BCUT2D eigenvalue weighted by molar-refractivity contribution is 5.56. The zero-order chi connectivity index (χ0) is 16.2. The van der Waals surface area contributed by atoms with Crippen LogP contribution in [-0.2, 0) is 9.47 Å². The lowest BCUT2D eigenvalue weighted by Crippen LogP contribution is -2.37. The Morgan fingerprint density at radius 1 is 0.833 bits per heavy atom. The van der Waals surface area contributed by atoms with Gasteiger partial charge < -0.3 is 14.4 Å². The van der Waals surface area contributed by atoms with E-state index in [1.54, 1.807) is 0 Å². The standard InChI is InChI=1S/C18H22N4O2/c1-2-4-14(5-3-1)16-19-17(15-6-10-23-11-7-15)21-18(20-16)22-8-12-24-13-9-22/h1-5,15H,6-13H2. The molecular weight excluding hydrogens is 304 g/mol. The molecule has 6 nitrogen and oxygen atoms in total. The Kier molecular flexibility index (Phi) is 4.66. The molecule has 0 spiro atoms. The van der Waals surface area contributed by atoms with Gasteiger partial charge in [0, 0.05) is 37.8 Å². The summed E-state index contributed by atoms with van der Waals surface area (Å²) in [6.07, 6.45) is 1.95. The molecule has 0 atom stereocenters. The van der Waals surface area contributed by atoms with Crippen molar-refractivity contribution in [3.63, 3.8) is 0 Å². The van der Waals surface area contributed by atoms with Crippen LogP contribution in [0.25, 0.3) is 11.4 Å². The van der Waals surface area contributed by atoms with Crippen LogP contribution >= 0.6 is 0 Å². The summed E-state index contributed by atoms with van der Waals surface area (Å²) in [5.41, 5.74) is 1.03. The van der Waals surface area contributed by atoms with Crippen molar-refractivity contribution in [1.82, 2.24) is 15.0 Å². The molecule has 2 saturated heterocycles. The first-order valence-electron chi connectivity index (χ1n) is 8.62. The first kappa shape index (κ1) is 15.5. The van der Waals surface area contributed by atoms with Crippen LogP contribution in [0.2, 0.25) is 0 Å². The van der Waals surface area contributed by atoms with Gasteiger partial charge in [-0.25, -0.2) is 4.98 Å². The summed E-state index contributed by atoms with van der Waals surface area (Å²) in [4.78, 5) is 16.5. The molecule has 0 N–H and O–H groups in total. The van der Waals surface area contributed by atoms with Crippen LogP contribution in [0, 0.1) is 0 Å². The summed E-state index contributed by atoms with van der Waals surface area (Å²) in [6.45, 7) is 4.66. The molecule has 6 heteroatoms. The Morgan fingerprint density at radius 3 is 2.29 bits per heavy atom. The van der Waals surface area contributed by atoms with Crippen molar-refractivity contribution in [2.24, 2.45) is 0 Å². The molecule has 2 aliphatic rings. The second-order valence-electron chi connectivity index (χ2n) is 6.17. The van der Waals surface area contributed by atoms with E-state index in [-0.39, 0.29) is 0 Å². The summed E-state index contributed by atoms with van der Waals surface area (Å²) < 4.78 is 10.9. The molecule has 2 aromatic rings. The Bertz CT molecular complexity index is 632. The highest BCUT2D eigenvalue weighted by Crippen LogP contribution is 2.27. The van der Waals surface area contributed by atoms with Gasteiger partial charge in [0.25, 0.3) is 0 Å². The van der Waals surface area contributed by atoms with E-state index in [9.17, 15) is 0 Å². The zero-order valence-corrected chi connectivity index (χ0v) is 13.7. The fraction of sp³-hybridized carbons (Fsp3) is 0.500. The number of rotatable bonds is 3. The third kappa shape index (κ3) is 3.39. The second kappa shape index (κ2) is 7.23. The van der Waals surface area contributed by atoms with E-state index in [4.69, 9.17) is 24.4 Å². The predicted molar refractivity (Wildman–Crippen MR) is 91.1 cm³/mol. The van der Waals surface area contributed by atoms with Crippen LogP contribution in [0.3, 0.4) is 0 Å². The van der Waals surface area contributed by atoms with E-state index >= 15 is 0 Å². The highest BCUT2D eigenvalue weighted by Gasteiger charge is 2.23. The molecule has 1 aromatic heterocycles. The van der Waals surface area contributed by atoms with E-state index in [1.165, 1.54) is 0 Å². The summed E-state index contributed by atoms with van der Waals surface area (Å²) in [7, 11) is 0. The second-order valence-corrected chi connectivity index (χ2v) is 6.17. The van der Waals surface area contributed by atoms with Crippen molar-refractivity contribution in [2.75, 3.05) is 44.4 Å². The SMILES string of the molecule is c1ccc(-c2nc(C3CCOCC3)nc(N3CCOCC3)n2)cc1. The minimum atomic E-state index is 0.351. The Morgan fingerprint density at radius 2 is 1.54 bits per heavy atom. The first-order chi connectivity index (χ1) is 11.9. The van der Waals surface area contributed by atoms with Crippen LogP contribution in [0.4, 0.5) is 5.95 Å². The average Bonchev–Trinajstić information content (AvgIpc) is 2.70. The fourth-order valence-electron chi connectivity index (χ4n) is 3.14. The predicted octanol–water partition coefficient (Wildman–Crippen LogP) is 2.27. The molecule has 1 aromatic carbocycles. The van der Waals surface area contributed by atoms with Gasteiger partial charge in [0.05, 0.1) is 13.2 Å². The summed E-state index contributed by atoms with van der Waals surface area (Å²) in [5, 5.41) is 0. The number of hydrogen-bond acceptors (Lipinski definition) is 6. The lowest BCUT2D eigenvalue weighted by Gasteiger charge is -2.28. The molecule has 4 rings (SSSR count). The van der Waals surface area contributed by atoms with Gasteiger partial charge in [-0.3, -0.25) is 0 Å². The third-order valence-corrected chi connectivity index (χ3v) is 4.55. The molecule has 3 heterocycles. The van der Waals surface area contributed by atoms with E-state index in [1.807, 2.05) is 30.3 Å². The molecule has 2 aliphatic heterocycles. The van der Waals surface area contributed by atoms with Gasteiger partial charge in [0.2, 0.25) is 5.95 Å². The lowest BCUT2D eigenvalue weighted by molar-refractivity contribution is 0.0835. The van der Waals surface area contributed by atoms with Crippen LogP contribution in [-0.4, -0.2) is 54.5 Å². The van der Waals surface area contributed by atoms with Crippen LogP contribution < -0.4 is 4.90 Å². The van der Waals surface area contributed by atoms with Gasteiger partial charge in [-0.15, -0.1) is 0 Å². The van der Waals surface area contributed by atoms with Crippen LogP contribution in [0.5, 0.6) is 0 Å². The summed E-state index contributed by atoms with van der Waals surface area (Å²) in [6, 6.07) is 10.1. The maximum absolute atomic E-state index is 5.48. The summed E-state index contributed by atoms with van der Waals surface area (Å²) >= 11 is 0. The number of aromatic nitrogens is 3. The molecule has 2 fully saturated rings. The zero-order valence-electron chi connectivity index (χ0n) is 13.7. The number of benzene rings is 1. The van der Waals surface area contributed by atoms with E-state index in [0.29, 0.717) is 5.92 Å². The molecule has 24 heavy (non-hydrogen) atoms. The smallest absolute Gasteiger partial charge is 0.229 e. The van der Waals surface area contributed by atoms with Crippen molar-refractivity contribution in [3.05, 3.63) is 36.2 Å². The van der Waals surface area contributed by atoms with E-state index in [0.717, 1.165) is 75.5 Å². The van der Waals surface area contributed by atoms with Gasteiger partial charge >= 0.3 is 0 Å². The maximum Gasteiger partial charge on any atom is 0.229 e. The van der Waals surface area contributed by atoms with Gasteiger partial charge in [0.1, 0.15) is 5.82 Å². The van der Waals surface area contributed by atoms with E-state index < -0.39 is 0 Å². The van der Waals surface area contributed by atoms with Gasteiger partial charge in [-0.05, 0) is 12.8 Å². The van der Waals surface area contributed by atoms with Crippen molar-refractivity contribution in [2.45, 2.75) is 18.8 Å². The van der Waals surface area contributed by atoms with Gasteiger partial charge in [-0.1, -0.05) is 30.3 Å². The number of nitrogens with zero attached hydrogens (tertiary/aromatic N) is 4. The minimum Gasteiger partial charge on any atom is -0.381 e. The lowest BCUT2D eigenvalue weighted by atomic mass is 9.99. The molecule has 0 unspecified atom stereocenters. The third-order valence-electron chi connectivity index (χ3n) is 4.55. The number of anilines is 1. The molecular formula is C18H22N4O2. The topological polar surface area (TPSA) is 60.4 Å². The van der Waals surface area contributed by atoms with E-state index in [2.05, 4.69) is 4.90 Å². The molecule has 0 saturated carbocycles.